The van der Waals surface area contributed by atoms with E-state index in [4.69, 9.17) is 33.9 Å². The van der Waals surface area contributed by atoms with E-state index in [2.05, 4.69) is 66.0 Å². The molecule has 1 saturated heterocycles. The maximum Gasteiger partial charge on any atom is 0.167 e. The van der Waals surface area contributed by atoms with Crippen molar-refractivity contribution in [2.75, 3.05) is 19.5 Å². The van der Waals surface area contributed by atoms with E-state index in [9.17, 15) is 4.79 Å². The predicted molar refractivity (Wildman–Crippen MR) is 234 cm³/mol. The first-order valence-corrected chi connectivity index (χ1v) is 20.3. The van der Waals surface area contributed by atoms with Crippen LogP contribution in [0.2, 0.25) is 0 Å². The molecule has 0 saturated carbocycles. The molecule has 0 spiro atoms. The van der Waals surface area contributed by atoms with E-state index < -0.39 is 29.6 Å². The molecule has 1 fully saturated rings. The molecule has 2 aromatic heterocycles. The molecule has 61 heavy (non-hydrogen) atoms. The van der Waals surface area contributed by atoms with Gasteiger partial charge < -0.3 is 29.1 Å². The molecule has 0 radical (unpaired) electrons. The summed E-state index contributed by atoms with van der Waals surface area (Å²) in [5, 5.41) is 3.87. The van der Waals surface area contributed by atoms with Crippen LogP contribution in [0, 0.1) is 5.92 Å². The first kappa shape index (κ1) is 39.3. The van der Waals surface area contributed by atoms with Crippen molar-refractivity contribution in [1.82, 2.24) is 19.5 Å². The van der Waals surface area contributed by atoms with Gasteiger partial charge in [0.2, 0.25) is 0 Å². The SMILES string of the molecule is COc1ccc(C(Nc2ncnc3c2ncn3[C@@H]2O[C@H](C=O)[C@@H](C)[C@H]2OC(c2ccccc2)(c2ccccc2)c2ccc(OC)cc2)(c2ccccc2)c2ccccc2)cc1. The second-order valence-corrected chi connectivity index (χ2v) is 15.1. The van der Waals surface area contributed by atoms with Gasteiger partial charge in [0, 0.05) is 5.92 Å². The number of fused-ring (bicyclic) bond motifs is 1. The van der Waals surface area contributed by atoms with Crippen LogP contribution >= 0.6 is 0 Å². The fourth-order valence-corrected chi connectivity index (χ4v) is 8.68. The van der Waals surface area contributed by atoms with Crippen molar-refractivity contribution in [2.45, 2.75) is 36.5 Å². The smallest absolute Gasteiger partial charge is 0.167 e. The van der Waals surface area contributed by atoms with Crippen molar-refractivity contribution in [1.29, 1.82) is 0 Å². The van der Waals surface area contributed by atoms with E-state index >= 15 is 0 Å². The number of benzene rings is 6. The van der Waals surface area contributed by atoms with Gasteiger partial charge in [0.05, 0.1) is 20.5 Å². The van der Waals surface area contributed by atoms with Crippen LogP contribution in [0.1, 0.15) is 46.5 Å². The van der Waals surface area contributed by atoms with Gasteiger partial charge in [-0.05, 0) is 57.6 Å². The first-order chi connectivity index (χ1) is 30.0. The first-order valence-electron chi connectivity index (χ1n) is 20.3. The number of imidazole rings is 1. The zero-order valence-corrected chi connectivity index (χ0v) is 34.0. The van der Waals surface area contributed by atoms with Gasteiger partial charge in [0.15, 0.2) is 23.2 Å². The quantitative estimate of drug-likeness (QED) is 0.0850. The fourth-order valence-electron chi connectivity index (χ4n) is 8.68. The highest BCUT2D eigenvalue weighted by atomic mass is 16.6. The third kappa shape index (κ3) is 6.99. The normalized spacial score (nSPS) is 17.8. The number of anilines is 1. The summed E-state index contributed by atoms with van der Waals surface area (Å²) >= 11 is 0. The molecule has 8 aromatic rings. The van der Waals surface area contributed by atoms with Gasteiger partial charge in [-0.2, -0.15) is 0 Å². The van der Waals surface area contributed by atoms with Crippen LogP contribution in [0.4, 0.5) is 5.82 Å². The topological polar surface area (TPSA) is 110 Å². The van der Waals surface area contributed by atoms with Crippen molar-refractivity contribution in [2.24, 2.45) is 5.92 Å². The lowest BCUT2D eigenvalue weighted by molar-refractivity contribution is -0.124. The minimum atomic E-state index is -1.13. The lowest BCUT2D eigenvalue weighted by Gasteiger charge is -2.40. The number of hydrogen-bond acceptors (Lipinski definition) is 9. The average Bonchev–Trinajstić information content (AvgIpc) is 3.91. The molecule has 0 unspecified atom stereocenters. The van der Waals surface area contributed by atoms with Crippen molar-refractivity contribution >= 4 is 23.3 Å². The minimum Gasteiger partial charge on any atom is -0.497 e. The van der Waals surface area contributed by atoms with Crippen molar-refractivity contribution in [3.05, 3.63) is 216 Å². The second-order valence-electron chi connectivity index (χ2n) is 15.1. The van der Waals surface area contributed by atoms with E-state index in [0.717, 1.165) is 51.2 Å². The van der Waals surface area contributed by atoms with Crippen LogP contribution in [0.25, 0.3) is 11.2 Å². The maximum atomic E-state index is 12.8. The Morgan fingerprint density at radius 3 is 1.56 bits per heavy atom. The highest BCUT2D eigenvalue weighted by Gasteiger charge is 2.50. The average molecular weight is 808 g/mol. The lowest BCUT2D eigenvalue weighted by atomic mass is 9.77. The van der Waals surface area contributed by atoms with Crippen LogP contribution in [-0.2, 0) is 25.4 Å². The number of aromatic nitrogens is 4. The standard InChI is InChI=1S/C51H45N5O5/c1-35-44(32-57)60-49(46(35)61-51(39-20-12-6-13-21-39,40-22-14-7-15-23-40)41-26-30-43(59-3)31-27-41)56-34-54-45-47(52-33-53-48(45)56)55-50(36-16-8-4-9-17-36,37-18-10-5-11-19-37)38-24-28-42(58-2)29-25-38/h4-35,44,46,49H,1-3H3,(H,52,53,55)/t35-,44-,46-,49-/m1/s1. The third-order valence-corrected chi connectivity index (χ3v) is 11.8. The van der Waals surface area contributed by atoms with Gasteiger partial charge >= 0.3 is 0 Å². The summed E-state index contributed by atoms with van der Waals surface area (Å²) in [6, 6.07) is 56.8. The summed E-state index contributed by atoms with van der Waals surface area (Å²) < 4.78 is 27.3. The predicted octanol–water partition coefficient (Wildman–Crippen LogP) is 9.36. The molecule has 10 nitrogen and oxygen atoms in total. The Balaban J connectivity index is 1.19. The Kier molecular flexibility index (Phi) is 10.9. The number of rotatable bonds is 14. The Morgan fingerprint density at radius 2 is 1.07 bits per heavy atom. The van der Waals surface area contributed by atoms with Gasteiger partial charge in [0.25, 0.3) is 0 Å². The van der Waals surface area contributed by atoms with Gasteiger partial charge in [-0.1, -0.05) is 153 Å². The Labute approximate surface area is 354 Å². The van der Waals surface area contributed by atoms with Gasteiger partial charge in [0.1, 0.15) is 47.5 Å². The Hall–Kier alpha value is -7.14. The van der Waals surface area contributed by atoms with Crippen molar-refractivity contribution < 1.29 is 23.7 Å². The summed E-state index contributed by atoms with van der Waals surface area (Å²) in [6.07, 6.45) is 1.83. The van der Waals surface area contributed by atoms with Crippen LogP contribution in [0.5, 0.6) is 11.5 Å². The number of ether oxygens (including phenoxy) is 4. The molecule has 9 rings (SSSR count). The molecule has 4 atom stereocenters. The van der Waals surface area contributed by atoms with Crippen molar-refractivity contribution in [3.63, 3.8) is 0 Å². The fraction of sp³-hybridized carbons (Fsp3) is 0.176. The zero-order valence-electron chi connectivity index (χ0n) is 34.0. The van der Waals surface area contributed by atoms with E-state index in [0.29, 0.717) is 17.0 Å². The molecule has 1 aliphatic heterocycles. The number of nitrogens with one attached hydrogen (secondary N) is 1. The highest BCUT2D eigenvalue weighted by Crippen LogP contribution is 2.48. The van der Waals surface area contributed by atoms with Crippen molar-refractivity contribution in [3.8, 4) is 11.5 Å². The largest absolute Gasteiger partial charge is 0.497 e. The highest BCUT2D eigenvalue weighted by molar-refractivity contribution is 5.84. The van der Waals surface area contributed by atoms with Gasteiger partial charge in [-0.3, -0.25) is 4.57 Å². The maximum absolute atomic E-state index is 12.8. The molecule has 10 heteroatoms. The number of carbonyl (C=O) groups excluding carboxylic acids is 1. The third-order valence-electron chi connectivity index (χ3n) is 11.8. The minimum absolute atomic E-state index is 0.372. The van der Waals surface area contributed by atoms with Crippen LogP contribution in [0.15, 0.2) is 183 Å². The summed E-state index contributed by atoms with van der Waals surface area (Å²) in [4.78, 5) is 27.4. The molecule has 0 amide bonds. The molecule has 1 aliphatic rings. The van der Waals surface area contributed by atoms with Gasteiger partial charge in [-0.25, -0.2) is 15.0 Å². The Bertz CT molecular complexity index is 2620. The molecule has 304 valence electrons. The van der Waals surface area contributed by atoms with E-state index in [1.807, 2.05) is 121 Å². The lowest BCUT2D eigenvalue weighted by Crippen LogP contribution is -2.41. The van der Waals surface area contributed by atoms with Crippen LogP contribution in [-0.4, -0.2) is 52.2 Å². The Morgan fingerprint density at radius 1 is 0.607 bits per heavy atom. The molecule has 3 heterocycles. The second kappa shape index (κ2) is 16.8. The molecule has 1 N–H and O–H groups in total. The van der Waals surface area contributed by atoms with Crippen LogP contribution < -0.4 is 14.8 Å². The zero-order chi connectivity index (χ0) is 41.8. The molecular weight excluding hydrogens is 763 g/mol. The summed E-state index contributed by atoms with van der Waals surface area (Å²) in [5.74, 6) is 1.60. The monoisotopic (exact) mass is 807 g/mol. The van der Waals surface area contributed by atoms with Gasteiger partial charge in [-0.15, -0.1) is 0 Å². The summed E-state index contributed by atoms with van der Waals surface area (Å²) in [6.45, 7) is 1.99. The number of hydrogen-bond donors (Lipinski definition) is 1. The molecule has 6 aromatic carbocycles. The summed E-state index contributed by atoms with van der Waals surface area (Å²) in [7, 11) is 3.31. The number of nitrogens with zero attached hydrogens (tertiary/aromatic N) is 4. The van der Waals surface area contributed by atoms with Crippen LogP contribution in [0.3, 0.4) is 0 Å². The number of methoxy groups -OCH3 is 2. The van der Waals surface area contributed by atoms with E-state index in [-0.39, 0.29) is 5.92 Å². The summed E-state index contributed by atoms with van der Waals surface area (Å²) in [5.41, 5.74) is 4.62. The number of aldehydes is 1. The molecule has 0 aliphatic carbocycles. The molecule has 0 bridgehead atoms. The molecular formula is C51H45N5O5. The number of carbonyl (C=O) groups is 1. The van der Waals surface area contributed by atoms with E-state index in [1.54, 1.807) is 20.5 Å². The van der Waals surface area contributed by atoms with E-state index in [1.165, 1.54) is 6.33 Å².